The van der Waals surface area contributed by atoms with Crippen LogP contribution in [0.4, 0.5) is 0 Å². The molecule has 0 radical (unpaired) electrons. The van der Waals surface area contributed by atoms with Gasteiger partial charge in [-0.2, -0.15) is 0 Å². The van der Waals surface area contributed by atoms with Gasteiger partial charge in [0.15, 0.2) is 0 Å². The molecule has 1 aromatic rings. The van der Waals surface area contributed by atoms with Gasteiger partial charge in [-0.15, -0.1) is 11.6 Å². The van der Waals surface area contributed by atoms with E-state index >= 15 is 0 Å². The van der Waals surface area contributed by atoms with Gasteiger partial charge in [-0.1, -0.05) is 38.1 Å². The SMILES string of the molecule is CCc1ccc(C(Cl)C2OCCC2C)cc1. The minimum absolute atomic E-state index is 0.0107. The second-order valence-corrected chi connectivity index (χ2v) is 5.07. The van der Waals surface area contributed by atoms with Crippen LogP contribution in [0.15, 0.2) is 24.3 Å². The topological polar surface area (TPSA) is 9.23 Å². The van der Waals surface area contributed by atoms with Gasteiger partial charge < -0.3 is 4.74 Å². The second-order valence-electron chi connectivity index (χ2n) is 4.60. The summed E-state index contributed by atoms with van der Waals surface area (Å²) in [7, 11) is 0. The highest BCUT2D eigenvalue weighted by Gasteiger charge is 2.31. The van der Waals surface area contributed by atoms with Gasteiger partial charge in [-0.25, -0.2) is 0 Å². The fourth-order valence-corrected chi connectivity index (χ4v) is 2.68. The van der Waals surface area contributed by atoms with Crippen molar-refractivity contribution in [3.63, 3.8) is 0 Å². The number of rotatable bonds is 3. The Labute approximate surface area is 103 Å². The molecule has 88 valence electrons. The quantitative estimate of drug-likeness (QED) is 0.725. The van der Waals surface area contributed by atoms with Crippen LogP contribution in [-0.4, -0.2) is 12.7 Å². The molecule has 0 saturated carbocycles. The highest BCUT2D eigenvalue weighted by Crippen LogP contribution is 2.35. The molecule has 3 atom stereocenters. The van der Waals surface area contributed by atoms with Gasteiger partial charge in [0.25, 0.3) is 0 Å². The third-order valence-corrected chi connectivity index (χ3v) is 3.94. The van der Waals surface area contributed by atoms with E-state index in [-0.39, 0.29) is 11.5 Å². The van der Waals surface area contributed by atoms with Crippen molar-refractivity contribution < 1.29 is 4.74 Å². The second kappa shape index (κ2) is 5.20. The number of ether oxygens (including phenoxy) is 1. The Bertz CT molecular complexity index is 333. The fourth-order valence-electron chi connectivity index (χ4n) is 2.22. The number of benzene rings is 1. The number of halogens is 1. The van der Waals surface area contributed by atoms with E-state index in [0.717, 1.165) is 19.4 Å². The first-order valence-corrected chi connectivity index (χ1v) is 6.50. The lowest BCUT2D eigenvalue weighted by atomic mass is 9.96. The van der Waals surface area contributed by atoms with E-state index in [1.807, 2.05) is 0 Å². The van der Waals surface area contributed by atoms with Crippen molar-refractivity contribution in [2.45, 2.75) is 38.2 Å². The Morgan fingerprint density at radius 3 is 2.56 bits per heavy atom. The molecule has 0 N–H and O–H groups in total. The average Bonchev–Trinajstić information content (AvgIpc) is 2.75. The zero-order chi connectivity index (χ0) is 11.5. The molecule has 1 aliphatic rings. The summed E-state index contributed by atoms with van der Waals surface area (Å²) < 4.78 is 5.71. The molecule has 1 nitrogen and oxygen atoms in total. The van der Waals surface area contributed by atoms with E-state index in [4.69, 9.17) is 16.3 Å². The largest absolute Gasteiger partial charge is 0.376 e. The lowest BCUT2D eigenvalue weighted by molar-refractivity contribution is 0.0903. The third kappa shape index (κ3) is 2.41. The summed E-state index contributed by atoms with van der Waals surface area (Å²) >= 11 is 6.48. The van der Waals surface area contributed by atoms with Crippen molar-refractivity contribution in [1.82, 2.24) is 0 Å². The van der Waals surface area contributed by atoms with E-state index in [2.05, 4.69) is 38.1 Å². The summed E-state index contributed by atoms with van der Waals surface area (Å²) in [6.07, 6.45) is 2.37. The van der Waals surface area contributed by atoms with E-state index in [1.165, 1.54) is 11.1 Å². The van der Waals surface area contributed by atoms with Gasteiger partial charge in [0.05, 0.1) is 11.5 Å². The molecule has 1 fully saturated rings. The molecular formula is C14H19ClO. The molecule has 16 heavy (non-hydrogen) atoms. The lowest BCUT2D eigenvalue weighted by Crippen LogP contribution is -2.19. The Morgan fingerprint density at radius 2 is 2.06 bits per heavy atom. The summed E-state index contributed by atoms with van der Waals surface area (Å²) in [5.74, 6) is 0.563. The van der Waals surface area contributed by atoms with Gasteiger partial charge >= 0.3 is 0 Å². The molecular weight excluding hydrogens is 220 g/mol. The first kappa shape index (κ1) is 11.9. The molecule has 1 saturated heterocycles. The number of hydrogen-bond acceptors (Lipinski definition) is 1. The predicted octanol–water partition coefficient (Wildman–Crippen LogP) is 3.95. The fraction of sp³-hybridized carbons (Fsp3) is 0.571. The molecule has 0 aromatic heterocycles. The van der Waals surface area contributed by atoms with Gasteiger partial charge in [0.2, 0.25) is 0 Å². The molecule has 0 bridgehead atoms. The van der Waals surface area contributed by atoms with Gasteiger partial charge in [0, 0.05) is 6.61 Å². The molecule has 3 unspecified atom stereocenters. The third-order valence-electron chi connectivity index (χ3n) is 3.44. The Hall–Kier alpha value is -0.530. The van der Waals surface area contributed by atoms with Crippen LogP contribution in [0.25, 0.3) is 0 Å². The zero-order valence-electron chi connectivity index (χ0n) is 9.95. The minimum atomic E-state index is -0.0107. The van der Waals surface area contributed by atoms with E-state index in [9.17, 15) is 0 Å². The highest BCUT2D eigenvalue weighted by atomic mass is 35.5. The van der Waals surface area contributed by atoms with Crippen LogP contribution in [0, 0.1) is 5.92 Å². The van der Waals surface area contributed by atoms with Crippen molar-refractivity contribution in [3.8, 4) is 0 Å². The molecule has 0 aliphatic carbocycles. The monoisotopic (exact) mass is 238 g/mol. The minimum Gasteiger partial charge on any atom is -0.376 e. The maximum Gasteiger partial charge on any atom is 0.0849 e. The molecule has 2 heteroatoms. The first-order chi connectivity index (χ1) is 7.72. The molecule has 0 amide bonds. The van der Waals surface area contributed by atoms with Crippen molar-refractivity contribution in [2.75, 3.05) is 6.61 Å². The maximum atomic E-state index is 6.48. The van der Waals surface area contributed by atoms with Crippen LogP contribution >= 0.6 is 11.6 Å². The predicted molar refractivity (Wildman–Crippen MR) is 67.9 cm³/mol. The Balaban J connectivity index is 2.10. The molecule has 1 aliphatic heterocycles. The summed E-state index contributed by atoms with van der Waals surface area (Å²) in [6.45, 7) is 5.23. The number of alkyl halides is 1. The van der Waals surface area contributed by atoms with Crippen molar-refractivity contribution in [2.24, 2.45) is 5.92 Å². The Morgan fingerprint density at radius 1 is 1.38 bits per heavy atom. The summed E-state index contributed by atoms with van der Waals surface area (Å²) in [5, 5.41) is -0.0107. The van der Waals surface area contributed by atoms with E-state index in [1.54, 1.807) is 0 Å². The smallest absolute Gasteiger partial charge is 0.0849 e. The van der Waals surface area contributed by atoms with Crippen LogP contribution < -0.4 is 0 Å². The average molecular weight is 239 g/mol. The lowest BCUT2D eigenvalue weighted by Gasteiger charge is -2.21. The van der Waals surface area contributed by atoms with Crippen molar-refractivity contribution in [3.05, 3.63) is 35.4 Å². The first-order valence-electron chi connectivity index (χ1n) is 6.07. The molecule has 0 spiro atoms. The molecule has 2 rings (SSSR count). The standard InChI is InChI=1S/C14H19ClO/c1-3-11-4-6-12(7-5-11)13(15)14-10(2)8-9-16-14/h4-7,10,13-14H,3,8-9H2,1-2H3. The van der Waals surface area contributed by atoms with Gasteiger partial charge in [-0.3, -0.25) is 0 Å². The number of hydrogen-bond donors (Lipinski definition) is 0. The van der Waals surface area contributed by atoms with E-state index < -0.39 is 0 Å². The summed E-state index contributed by atoms with van der Waals surface area (Å²) in [5.41, 5.74) is 2.53. The van der Waals surface area contributed by atoms with Crippen LogP contribution in [-0.2, 0) is 11.2 Å². The van der Waals surface area contributed by atoms with Crippen molar-refractivity contribution >= 4 is 11.6 Å². The van der Waals surface area contributed by atoms with Crippen LogP contribution in [0.2, 0.25) is 0 Å². The number of aryl methyl sites for hydroxylation is 1. The normalized spacial score (nSPS) is 26.9. The maximum absolute atomic E-state index is 6.48. The Kier molecular flexibility index (Phi) is 3.88. The van der Waals surface area contributed by atoms with Gasteiger partial charge in [-0.05, 0) is 29.9 Å². The summed E-state index contributed by atoms with van der Waals surface area (Å²) in [4.78, 5) is 0. The zero-order valence-corrected chi connectivity index (χ0v) is 10.7. The van der Waals surface area contributed by atoms with E-state index in [0.29, 0.717) is 5.92 Å². The summed E-state index contributed by atoms with van der Waals surface area (Å²) in [6, 6.07) is 8.57. The molecule has 1 heterocycles. The van der Waals surface area contributed by atoms with Crippen LogP contribution in [0.1, 0.15) is 36.8 Å². The molecule has 1 aromatic carbocycles. The van der Waals surface area contributed by atoms with Crippen LogP contribution in [0.5, 0.6) is 0 Å². The van der Waals surface area contributed by atoms with Crippen molar-refractivity contribution in [1.29, 1.82) is 0 Å². The van der Waals surface area contributed by atoms with Crippen LogP contribution in [0.3, 0.4) is 0 Å². The van der Waals surface area contributed by atoms with Gasteiger partial charge in [0.1, 0.15) is 0 Å². The highest BCUT2D eigenvalue weighted by molar-refractivity contribution is 6.21.